The highest BCUT2D eigenvalue weighted by atomic mass is 16.3. The van der Waals surface area contributed by atoms with Gasteiger partial charge in [-0.2, -0.15) is 0 Å². The van der Waals surface area contributed by atoms with Crippen molar-refractivity contribution in [1.29, 1.82) is 0 Å². The Morgan fingerprint density at radius 1 is 0.565 bits per heavy atom. The fourth-order valence-corrected chi connectivity index (χ4v) is 3.44. The maximum Gasteiger partial charge on any atom is 0.136 e. The summed E-state index contributed by atoms with van der Waals surface area (Å²) in [5, 5.41) is 6.71. The van der Waals surface area contributed by atoms with E-state index >= 15 is 0 Å². The zero-order valence-corrected chi connectivity index (χ0v) is 12.3. The van der Waals surface area contributed by atoms with Crippen LogP contribution in [0, 0.1) is 0 Å². The molecule has 0 aliphatic carbocycles. The lowest BCUT2D eigenvalue weighted by atomic mass is 9.99. The van der Waals surface area contributed by atoms with Crippen LogP contribution in [0.15, 0.2) is 65.1 Å². The number of hydrogen-bond donors (Lipinski definition) is 2. The van der Waals surface area contributed by atoms with Crippen LogP contribution in [0.4, 0.5) is 11.4 Å². The van der Waals surface area contributed by atoms with Crippen molar-refractivity contribution in [3.05, 3.63) is 60.7 Å². The Hall–Kier alpha value is -3.20. The lowest BCUT2D eigenvalue weighted by Crippen LogP contribution is -1.85. The fourth-order valence-electron chi connectivity index (χ4n) is 3.44. The van der Waals surface area contributed by atoms with Gasteiger partial charge >= 0.3 is 0 Å². The highest BCUT2D eigenvalue weighted by molar-refractivity contribution is 6.26. The van der Waals surface area contributed by atoms with Crippen LogP contribution in [0.25, 0.3) is 43.5 Å². The highest BCUT2D eigenvalue weighted by Gasteiger charge is 2.13. The molecule has 0 saturated carbocycles. The zero-order chi connectivity index (χ0) is 15.6. The maximum absolute atomic E-state index is 6.07. The predicted molar refractivity (Wildman–Crippen MR) is 97.6 cm³/mol. The van der Waals surface area contributed by atoms with E-state index in [0.717, 1.165) is 54.9 Å². The van der Waals surface area contributed by atoms with Gasteiger partial charge in [-0.3, -0.25) is 0 Å². The Balaban J connectivity index is 2.14. The minimum Gasteiger partial charge on any atom is -0.456 e. The maximum atomic E-state index is 6.07. The number of benzene rings is 4. The first kappa shape index (κ1) is 12.4. The Kier molecular flexibility index (Phi) is 2.24. The summed E-state index contributed by atoms with van der Waals surface area (Å²) in [4.78, 5) is 0. The van der Waals surface area contributed by atoms with Crippen molar-refractivity contribution in [2.45, 2.75) is 0 Å². The number of hydrogen-bond acceptors (Lipinski definition) is 3. The van der Waals surface area contributed by atoms with Crippen molar-refractivity contribution in [2.75, 3.05) is 11.5 Å². The smallest absolute Gasteiger partial charge is 0.136 e. The SMILES string of the molecule is Nc1ccc2ccc3oc4ccc5ccc(N)cc5c4c3c2c1. The summed E-state index contributed by atoms with van der Waals surface area (Å²) < 4.78 is 6.07. The van der Waals surface area contributed by atoms with Crippen molar-refractivity contribution >= 4 is 54.9 Å². The summed E-state index contributed by atoms with van der Waals surface area (Å²) in [5.41, 5.74) is 15.3. The highest BCUT2D eigenvalue weighted by Crippen LogP contribution is 2.39. The molecule has 4 aromatic carbocycles. The molecule has 0 radical (unpaired) electrons. The largest absolute Gasteiger partial charge is 0.456 e. The molecule has 0 unspecified atom stereocenters. The second kappa shape index (κ2) is 4.17. The molecule has 1 aromatic heterocycles. The molecule has 0 fully saturated rings. The number of anilines is 2. The van der Waals surface area contributed by atoms with E-state index in [0.29, 0.717) is 0 Å². The third-order valence-corrected chi connectivity index (χ3v) is 4.48. The molecule has 110 valence electrons. The third kappa shape index (κ3) is 1.64. The molecule has 0 bridgehead atoms. The summed E-state index contributed by atoms with van der Waals surface area (Å²) in [6, 6.07) is 20.1. The van der Waals surface area contributed by atoms with Crippen LogP contribution >= 0.6 is 0 Å². The number of furan rings is 1. The van der Waals surface area contributed by atoms with Crippen molar-refractivity contribution < 1.29 is 4.42 Å². The summed E-state index contributed by atoms with van der Waals surface area (Å²) >= 11 is 0. The second-order valence-corrected chi connectivity index (χ2v) is 5.94. The average molecular weight is 298 g/mol. The molecular weight excluding hydrogens is 284 g/mol. The van der Waals surface area contributed by atoms with Gasteiger partial charge in [0, 0.05) is 22.1 Å². The van der Waals surface area contributed by atoms with Crippen molar-refractivity contribution in [3.8, 4) is 0 Å². The van der Waals surface area contributed by atoms with Gasteiger partial charge in [-0.25, -0.2) is 0 Å². The number of nitrogen functional groups attached to an aromatic ring is 2. The van der Waals surface area contributed by atoms with Gasteiger partial charge < -0.3 is 15.9 Å². The second-order valence-electron chi connectivity index (χ2n) is 5.94. The topological polar surface area (TPSA) is 65.2 Å². The van der Waals surface area contributed by atoms with Gasteiger partial charge in [0.2, 0.25) is 0 Å². The Bertz CT molecular complexity index is 1140. The molecule has 0 aliphatic rings. The van der Waals surface area contributed by atoms with Gasteiger partial charge in [0.25, 0.3) is 0 Å². The quantitative estimate of drug-likeness (QED) is 0.393. The van der Waals surface area contributed by atoms with Crippen LogP contribution in [0.3, 0.4) is 0 Å². The molecule has 5 rings (SSSR count). The molecule has 3 heteroatoms. The molecule has 0 atom stereocenters. The Morgan fingerprint density at radius 3 is 1.48 bits per heavy atom. The molecule has 0 aliphatic heterocycles. The first-order valence-corrected chi connectivity index (χ1v) is 7.53. The van der Waals surface area contributed by atoms with Crippen LogP contribution in [-0.4, -0.2) is 0 Å². The van der Waals surface area contributed by atoms with Crippen LogP contribution in [0.5, 0.6) is 0 Å². The zero-order valence-electron chi connectivity index (χ0n) is 12.3. The van der Waals surface area contributed by atoms with Crippen molar-refractivity contribution in [1.82, 2.24) is 0 Å². The summed E-state index contributed by atoms with van der Waals surface area (Å²) in [7, 11) is 0. The molecular formula is C20H14N2O. The van der Waals surface area contributed by atoms with Gasteiger partial charge in [0.1, 0.15) is 11.2 Å². The van der Waals surface area contributed by atoms with Gasteiger partial charge in [-0.15, -0.1) is 0 Å². The predicted octanol–water partition coefficient (Wildman–Crippen LogP) is 5.06. The number of nitrogens with two attached hydrogens (primary N) is 2. The van der Waals surface area contributed by atoms with E-state index in [-0.39, 0.29) is 0 Å². The monoisotopic (exact) mass is 298 g/mol. The minimum absolute atomic E-state index is 0.749. The third-order valence-electron chi connectivity index (χ3n) is 4.48. The van der Waals surface area contributed by atoms with Crippen molar-refractivity contribution in [3.63, 3.8) is 0 Å². The molecule has 0 spiro atoms. The van der Waals surface area contributed by atoms with E-state index in [1.54, 1.807) is 0 Å². The van der Waals surface area contributed by atoms with Crippen molar-refractivity contribution in [2.24, 2.45) is 0 Å². The molecule has 4 N–H and O–H groups in total. The van der Waals surface area contributed by atoms with E-state index in [9.17, 15) is 0 Å². The van der Waals surface area contributed by atoms with Crippen LogP contribution in [0.1, 0.15) is 0 Å². The summed E-state index contributed by atoms with van der Waals surface area (Å²) in [5.74, 6) is 0. The lowest BCUT2D eigenvalue weighted by Gasteiger charge is -2.04. The van der Waals surface area contributed by atoms with Gasteiger partial charge in [-0.05, 0) is 57.9 Å². The Labute approximate surface area is 132 Å². The molecule has 23 heavy (non-hydrogen) atoms. The van der Waals surface area contributed by atoms with E-state index in [2.05, 4.69) is 12.1 Å². The first-order chi connectivity index (χ1) is 11.2. The fraction of sp³-hybridized carbons (Fsp3) is 0. The van der Waals surface area contributed by atoms with E-state index < -0.39 is 0 Å². The molecule has 3 nitrogen and oxygen atoms in total. The van der Waals surface area contributed by atoms with Crippen LogP contribution in [-0.2, 0) is 0 Å². The van der Waals surface area contributed by atoms with E-state index in [1.165, 1.54) is 0 Å². The standard InChI is InChI=1S/C20H14N2O/c21-13-5-1-11-3-7-17-19(15(11)9-13)20-16-10-14(22)6-2-12(16)4-8-18(20)23-17/h1-10H,21-22H2. The number of rotatable bonds is 0. The average Bonchev–Trinajstić information content (AvgIpc) is 2.94. The van der Waals surface area contributed by atoms with Gasteiger partial charge in [0.05, 0.1) is 0 Å². The molecule has 0 amide bonds. The van der Waals surface area contributed by atoms with Crippen LogP contribution < -0.4 is 11.5 Å². The minimum atomic E-state index is 0.749. The lowest BCUT2D eigenvalue weighted by molar-refractivity contribution is 0.669. The van der Waals surface area contributed by atoms with Gasteiger partial charge in [-0.1, -0.05) is 24.3 Å². The van der Waals surface area contributed by atoms with E-state index in [1.807, 2.05) is 48.5 Å². The van der Waals surface area contributed by atoms with Crippen LogP contribution in [0.2, 0.25) is 0 Å². The normalized spacial score (nSPS) is 11.8. The summed E-state index contributed by atoms with van der Waals surface area (Å²) in [6.07, 6.45) is 0. The molecule has 0 saturated heterocycles. The summed E-state index contributed by atoms with van der Waals surface area (Å²) in [6.45, 7) is 0. The van der Waals surface area contributed by atoms with E-state index in [4.69, 9.17) is 15.9 Å². The molecule has 5 aromatic rings. The molecule has 1 heterocycles. The van der Waals surface area contributed by atoms with Gasteiger partial charge in [0.15, 0.2) is 0 Å². The Morgan fingerprint density at radius 2 is 1.00 bits per heavy atom. The first-order valence-electron chi connectivity index (χ1n) is 7.53. The number of fused-ring (bicyclic) bond motifs is 7.